The van der Waals surface area contributed by atoms with Gasteiger partial charge in [-0.15, -0.1) is 11.3 Å². The predicted octanol–water partition coefficient (Wildman–Crippen LogP) is 0.427. The van der Waals surface area contributed by atoms with Gasteiger partial charge in [0.1, 0.15) is 6.04 Å². The summed E-state index contributed by atoms with van der Waals surface area (Å²) in [6, 6.07) is -0.407. The van der Waals surface area contributed by atoms with Crippen LogP contribution in [-0.4, -0.2) is 34.8 Å². The minimum atomic E-state index is -0.492. The first-order valence-electron chi connectivity index (χ1n) is 6.78. The van der Waals surface area contributed by atoms with Crippen molar-refractivity contribution in [2.75, 3.05) is 5.32 Å². The minimum Gasteiger partial charge on any atom is -0.354 e. The highest BCUT2D eigenvalue weighted by Gasteiger charge is 2.27. The van der Waals surface area contributed by atoms with E-state index in [9.17, 15) is 14.4 Å². The quantitative estimate of drug-likeness (QED) is 0.734. The van der Waals surface area contributed by atoms with Crippen molar-refractivity contribution >= 4 is 34.2 Å². The molecule has 1 aliphatic rings. The van der Waals surface area contributed by atoms with Crippen LogP contribution in [0.5, 0.6) is 0 Å². The van der Waals surface area contributed by atoms with E-state index in [0.717, 1.165) is 0 Å². The van der Waals surface area contributed by atoms with Gasteiger partial charge in [0.05, 0.1) is 12.1 Å². The van der Waals surface area contributed by atoms with Crippen molar-refractivity contribution in [3.8, 4) is 0 Å². The molecule has 0 saturated carbocycles. The number of carbonyl (C=O) groups is 3. The largest absolute Gasteiger partial charge is 0.354 e. The van der Waals surface area contributed by atoms with E-state index in [4.69, 9.17) is 0 Å². The van der Waals surface area contributed by atoms with Crippen LogP contribution < -0.4 is 16.0 Å². The van der Waals surface area contributed by atoms with Crippen molar-refractivity contribution in [3.05, 3.63) is 11.1 Å². The van der Waals surface area contributed by atoms with Gasteiger partial charge in [0.25, 0.3) is 0 Å². The highest BCUT2D eigenvalue weighted by molar-refractivity contribution is 7.13. The van der Waals surface area contributed by atoms with E-state index in [1.165, 1.54) is 11.3 Å². The summed E-state index contributed by atoms with van der Waals surface area (Å²) in [7, 11) is 0. The third kappa shape index (κ3) is 4.52. The van der Waals surface area contributed by atoms with Gasteiger partial charge in [-0.3, -0.25) is 14.4 Å². The Labute approximate surface area is 126 Å². The maximum Gasteiger partial charge on any atom is 0.248 e. The minimum absolute atomic E-state index is 0.0845. The van der Waals surface area contributed by atoms with Crippen LogP contribution in [-0.2, 0) is 20.8 Å². The maximum atomic E-state index is 11.9. The van der Waals surface area contributed by atoms with Crippen molar-refractivity contribution in [2.45, 2.75) is 45.2 Å². The summed E-state index contributed by atoms with van der Waals surface area (Å²) in [6.45, 7) is 3.78. The number of nitrogens with one attached hydrogen (secondary N) is 3. The smallest absolute Gasteiger partial charge is 0.248 e. The second-order valence-electron chi connectivity index (χ2n) is 5.19. The van der Waals surface area contributed by atoms with Crippen molar-refractivity contribution in [2.24, 2.45) is 0 Å². The SMILES string of the molecule is CC(C)NC(=O)Cc1csc(NC(=O)C2CCC(=O)N2)n1. The molecule has 1 aromatic rings. The Balaban J connectivity index is 1.86. The lowest BCUT2D eigenvalue weighted by Gasteiger charge is -2.08. The van der Waals surface area contributed by atoms with Gasteiger partial charge in [-0.1, -0.05) is 0 Å². The molecule has 0 radical (unpaired) electrons. The molecule has 114 valence electrons. The molecule has 1 unspecified atom stereocenters. The third-order valence-corrected chi connectivity index (χ3v) is 3.69. The van der Waals surface area contributed by atoms with E-state index in [1.54, 1.807) is 5.38 Å². The summed E-state index contributed by atoms with van der Waals surface area (Å²) in [4.78, 5) is 38.8. The molecule has 2 heterocycles. The number of amides is 3. The molecular formula is C13H18N4O3S. The zero-order valence-corrected chi connectivity index (χ0v) is 12.8. The molecule has 0 bridgehead atoms. The number of hydrogen-bond donors (Lipinski definition) is 3. The summed E-state index contributed by atoms with van der Waals surface area (Å²) in [6.07, 6.45) is 1.06. The van der Waals surface area contributed by atoms with Crippen LogP contribution in [0.25, 0.3) is 0 Å². The van der Waals surface area contributed by atoms with Gasteiger partial charge < -0.3 is 16.0 Å². The van der Waals surface area contributed by atoms with E-state index in [1.807, 2.05) is 13.8 Å². The van der Waals surface area contributed by atoms with Crippen molar-refractivity contribution in [1.82, 2.24) is 15.6 Å². The van der Waals surface area contributed by atoms with Crippen LogP contribution in [0, 0.1) is 0 Å². The molecule has 1 atom stereocenters. The Hall–Kier alpha value is -1.96. The second-order valence-corrected chi connectivity index (χ2v) is 6.05. The zero-order valence-electron chi connectivity index (χ0n) is 11.9. The molecule has 21 heavy (non-hydrogen) atoms. The van der Waals surface area contributed by atoms with Crippen LogP contribution in [0.4, 0.5) is 5.13 Å². The fourth-order valence-corrected chi connectivity index (χ4v) is 2.70. The van der Waals surface area contributed by atoms with Crippen molar-refractivity contribution in [1.29, 1.82) is 0 Å². The molecule has 0 spiro atoms. The van der Waals surface area contributed by atoms with Gasteiger partial charge >= 0.3 is 0 Å². The molecule has 7 nitrogen and oxygen atoms in total. The van der Waals surface area contributed by atoms with E-state index >= 15 is 0 Å². The number of rotatable bonds is 5. The van der Waals surface area contributed by atoms with Gasteiger partial charge in [-0.2, -0.15) is 0 Å². The van der Waals surface area contributed by atoms with Gasteiger partial charge in [-0.25, -0.2) is 4.98 Å². The Morgan fingerprint density at radius 3 is 2.90 bits per heavy atom. The molecule has 3 N–H and O–H groups in total. The van der Waals surface area contributed by atoms with Gasteiger partial charge in [0, 0.05) is 17.8 Å². The highest BCUT2D eigenvalue weighted by atomic mass is 32.1. The predicted molar refractivity (Wildman–Crippen MR) is 78.9 cm³/mol. The molecule has 1 aromatic heterocycles. The fourth-order valence-electron chi connectivity index (χ4n) is 1.99. The summed E-state index contributed by atoms with van der Waals surface area (Å²) in [5.74, 6) is -0.482. The van der Waals surface area contributed by atoms with E-state index in [2.05, 4.69) is 20.9 Å². The first-order valence-corrected chi connectivity index (χ1v) is 7.66. The van der Waals surface area contributed by atoms with Gasteiger partial charge in [0.15, 0.2) is 5.13 Å². The second kappa shape index (κ2) is 6.66. The number of hydrogen-bond acceptors (Lipinski definition) is 5. The molecule has 8 heteroatoms. The Bertz CT molecular complexity index is 555. The fraction of sp³-hybridized carbons (Fsp3) is 0.538. The third-order valence-electron chi connectivity index (χ3n) is 2.89. The Kier molecular flexibility index (Phi) is 4.89. The highest BCUT2D eigenvalue weighted by Crippen LogP contribution is 2.17. The molecule has 3 amide bonds. The monoisotopic (exact) mass is 310 g/mol. The molecule has 0 aromatic carbocycles. The number of nitrogens with zero attached hydrogens (tertiary/aromatic N) is 1. The van der Waals surface area contributed by atoms with E-state index < -0.39 is 6.04 Å². The molecule has 2 rings (SSSR count). The van der Waals surface area contributed by atoms with Crippen LogP contribution in [0.15, 0.2) is 5.38 Å². The lowest BCUT2D eigenvalue weighted by atomic mass is 10.2. The average molecular weight is 310 g/mol. The number of carbonyl (C=O) groups excluding carboxylic acids is 3. The zero-order chi connectivity index (χ0) is 15.4. The molecule has 1 fully saturated rings. The molecule has 1 saturated heterocycles. The topological polar surface area (TPSA) is 100 Å². The summed E-state index contributed by atoms with van der Waals surface area (Å²) >= 11 is 1.26. The summed E-state index contributed by atoms with van der Waals surface area (Å²) in [5.41, 5.74) is 0.615. The number of thiazole rings is 1. The number of aromatic nitrogens is 1. The van der Waals surface area contributed by atoms with Crippen molar-refractivity contribution < 1.29 is 14.4 Å². The number of anilines is 1. The van der Waals surface area contributed by atoms with Gasteiger partial charge in [-0.05, 0) is 20.3 Å². The average Bonchev–Trinajstić information content (AvgIpc) is 2.97. The lowest BCUT2D eigenvalue weighted by Crippen LogP contribution is -2.37. The first-order chi connectivity index (χ1) is 9.94. The van der Waals surface area contributed by atoms with Crippen LogP contribution >= 0.6 is 11.3 Å². The molecule has 1 aliphatic heterocycles. The molecular weight excluding hydrogens is 292 g/mol. The van der Waals surface area contributed by atoms with Crippen LogP contribution in [0.2, 0.25) is 0 Å². The Morgan fingerprint density at radius 1 is 1.52 bits per heavy atom. The van der Waals surface area contributed by atoms with Crippen molar-refractivity contribution in [3.63, 3.8) is 0 Å². The normalized spacial score (nSPS) is 17.7. The van der Waals surface area contributed by atoms with Crippen LogP contribution in [0.3, 0.4) is 0 Å². The maximum absolute atomic E-state index is 11.9. The van der Waals surface area contributed by atoms with Crippen LogP contribution in [0.1, 0.15) is 32.4 Å². The lowest BCUT2D eigenvalue weighted by molar-refractivity contribution is -0.122. The summed E-state index contributed by atoms with van der Waals surface area (Å²) < 4.78 is 0. The van der Waals surface area contributed by atoms with E-state index in [-0.39, 0.29) is 30.2 Å². The Morgan fingerprint density at radius 2 is 2.29 bits per heavy atom. The van der Waals surface area contributed by atoms with E-state index in [0.29, 0.717) is 23.7 Å². The first kappa shape index (κ1) is 15.4. The molecule has 0 aliphatic carbocycles. The summed E-state index contributed by atoms with van der Waals surface area (Å²) in [5, 5.41) is 10.2. The van der Waals surface area contributed by atoms with Gasteiger partial charge in [0.2, 0.25) is 17.7 Å². The standard InChI is InChI=1S/C13H18N4O3S/c1-7(2)14-11(19)5-8-6-21-13(15-8)17-12(20)9-3-4-10(18)16-9/h6-7,9H,3-5H2,1-2H3,(H,14,19)(H,16,18)(H,15,17,20).